The molecular formula is C16H31N5. The highest BCUT2D eigenvalue weighted by Gasteiger charge is 2.09. The van der Waals surface area contributed by atoms with Gasteiger partial charge in [-0.1, -0.05) is 27.2 Å². The molecule has 0 aliphatic rings. The highest BCUT2D eigenvalue weighted by atomic mass is 15.1. The first-order valence-corrected chi connectivity index (χ1v) is 8.30. The van der Waals surface area contributed by atoms with Crippen molar-refractivity contribution in [1.29, 1.82) is 0 Å². The lowest BCUT2D eigenvalue weighted by Crippen LogP contribution is -2.25. The minimum atomic E-state index is 0.884. The van der Waals surface area contributed by atoms with E-state index < -0.39 is 0 Å². The number of rotatable bonds is 11. The van der Waals surface area contributed by atoms with E-state index in [0.29, 0.717) is 0 Å². The molecule has 2 N–H and O–H groups in total. The number of nitrogens with zero attached hydrogens (tertiary/aromatic N) is 3. The third kappa shape index (κ3) is 5.87. The second-order valence-electron chi connectivity index (χ2n) is 5.14. The van der Waals surface area contributed by atoms with E-state index >= 15 is 0 Å². The fourth-order valence-electron chi connectivity index (χ4n) is 2.42. The summed E-state index contributed by atoms with van der Waals surface area (Å²) in [5.74, 6) is 1.96. The van der Waals surface area contributed by atoms with Gasteiger partial charge in [0, 0.05) is 18.7 Å². The second-order valence-corrected chi connectivity index (χ2v) is 5.14. The first-order valence-electron chi connectivity index (χ1n) is 8.30. The Labute approximate surface area is 129 Å². The van der Waals surface area contributed by atoms with Crippen LogP contribution in [0.4, 0.5) is 11.6 Å². The number of hydrogen-bond donors (Lipinski definition) is 2. The Kier molecular flexibility index (Phi) is 8.74. The molecule has 0 saturated carbocycles. The molecule has 0 aliphatic carbocycles. The molecule has 1 aromatic heterocycles. The standard InChI is InChI=1S/C16H31N5/c1-5-10-14-15(17-6-2)19-13-20-16(14)18-11-9-12-21(7-3)8-4/h13H,5-12H2,1-4H3,(H2,17,18,19,20). The van der Waals surface area contributed by atoms with E-state index in [2.05, 4.69) is 53.2 Å². The maximum absolute atomic E-state index is 4.42. The van der Waals surface area contributed by atoms with Crippen LogP contribution in [0.15, 0.2) is 6.33 Å². The van der Waals surface area contributed by atoms with Gasteiger partial charge in [-0.15, -0.1) is 0 Å². The molecule has 0 unspecified atom stereocenters. The van der Waals surface area contributed by atoms with Crippen LogP contribution in [0.2, 0.25) is 0 Å². The maximum Gasteiger partial charge on any atom is 0.134 e. The first kappa shape index (κ1) is 17.7. The van der Waals surface area contributed by atoms with Gasteiger partial charge in [-0.25, -0.2) is 9.97 Å². The van der Waals surface area contributed by atoms with Crippen LogP contribution in [-0.2, 0) is 6.42 Å². The summed E-state index contributed by atoms with van der Waals surface area (Å²) in [6, 6.07) is 0. The summed E-state index contributed by atoms with van der Waals surface area (Å²) >= 11 is 0. The Hall–Kier alpha value is -1.36. The predicted octanol–water partition coefficient (Wildman–Crippen LogP) is 3.00. The molecule has 0 aliphatic heterocycles. The van der Waals surface area contributed by atoms with Gasteiger partial charge in [0.2, 0.25) is 0 Å². The predicted molar refractivity (Wildman–Crippen MR) is 91.1 cm³/mol. The lowest BCUT2D eigenvalue weighted by atomic mass is 10.1. The molecular weight excluding hydrogens is 262 g/mol. The van der Waals surface area contributed by atoms with Crippen LogP contribution < -0.4 is 10.6 Å². The van der Waals surface area contributed by atoms with Crippen LogP contribution in [0.5, 0.6) is 0 Å². The Bertz CT molecular complexity index is 390. The van der Waals surface area contributed by atoms with E-state index in [-0.39, 0.29) is 0 Å². The van der Waals surface area contributed by atoms with Gasteiger partial charge in [0.05, 0.1) is 0 Å². The van der Waals surface area contributed by atoms with Crippen LogP contribution in [0.3, 0.4) is 0 Å². The van der Waals surface area contributed by atoms with E-state index in [4.69, 9.17) is 0 Å². The Balaban J connectivity index is 2.59. The van der Waals surface area contributed by atoms with Gasteiger partial charge >= 0.3 is 0 Å². The largest absolute Gasteiger partial charge is 0.370 e. The molecule has 0 spiro atoms. The summed E-state index contributed by atoms with van der Waals surface area (Å²) < 4.78 is 0. The molecule has 0 saturated heterocycles. The van der Waals surface area contributed by atoms with Gasteiger partial charge < -0.3 is 15.5 Å². The molecule has 1 aromatic rings. The lowest BCUT2D eigenvalue weighted by Gasteiger charge is -2.18. The van der Waals surface area contributed by atoms with E-state index in [1.54, 1.807) is 6.33 Å². The average molecular weight is 293 g/mol. The molecule has 21 heavy (non-hydrogen) atoms. The van der Waals surface area contributed by atoms with E-state index in [0.717, 1.165) is 63.6 Å². The van der Waals surface area contributed by atoms with E-state index in [9.17, 15) is 0 Å². The van der Waals surface area contributed by atoms with E-state index in [1.807, 2.05) is 0 Å². The summed E-state index contributed by atoms with van der Waals surface area (Å²) in [5.41, 5.74) is 1.21. The monoisotopic (exact) mass is 293 g/mol. The summed E-state index contributed by atoms with van der Waals surface area (Å²) in [6.07, 6.45) is 4.87. The number of aromatic nitrogens is 2. The summed E-state index contributed by atoms with van der Waals surface area (Å²) in [4.78, 5) is 11.2. The quantitative estimate of drug-likeness (QED) is 0.614. The van der Waals surface area contributed by atoms with Crippen molar-refractivity contribution in [2.45, 2.75) is 47.0 Å². The normalized spacial score (nSPS) is 10.9. The fraction of sp³-hybridized carbons (Fsp3) is 0.750. The molecule has 0 radical (unpaired) electrons. The number of hydrogen-bond acceptors (Lipinski definition) is 5. The third-order valence-electron chi connectivity index (χ3n) is 3.63. The van der Waals surface area contributed by atoms with Crippen LogP contribution in [0.1, 0.15) is 46.1 Å². The lowest BCUT2D eigenvalue weighted by molar-refractivity contribution is 0.303. The van der Waals surface area contributed by atoms with Gasteiger partial charge in [0.15, 0.2) is 0 Å². The maximum atomic E-state index is 4.42. The zero-order valence-electron chi connectivity index (χ0n) is 14.1. The van der Waals surface area contributed by atoms with Crippen molar-refractivity contribution >= 4 is 11.6 Å². The van der Waals surface area contributed by atoms with Gasteiger partial charge in [0.1, 0.15) is 18.0 Å². The molecule has 120 valence electrons. The Morgan fingerprint density at radius 2 is 1.67 bits per heavy atom. The zero-order valence-corrected chi connectivity index (χ0v) is 14.1. The van der Waals surface area contributed by atoms with Gasteiger partial charge in [-0.3, -0.25) is 0 Å². The number of nitrogens with one attached hydrogen (secondary N) is 2. The van der Waals surface area contributed by atoms with Crippen molar-refractivity contribution in [3.8, 4) is 0 Å². The molecule has 0 atom stereocenters. The topological polar surface area (TPSA) is 53.1 Å². The first-order chi connectivity index (χ1) is 10.3. The summed E-state index contributed by atoms with van der Waals surface area (Å²) in [5, 5.41) is 6.81. The fourth-order valence-corrected chi connectivity index (χ4v) is 2.42. The average Bonchev–Trinajstić information content (AvgIpc) is 2.50. The van der Waals surface area contributed by atoms with Gasteiger partial charge in [-0.2, -0.15) is 0 Å². The molecule has 0 fully saturated rings. The molecule has 5 nitrogen and oxygen atoms in total. The smallest absolute Gasteiger partial charge is 0.134 e. The van der Waals surface area contributed by atoms with Crippen LogP contribution in [0, 0.1) is 0 Å². The molecule has 5 heteroatoms. The molecule has 0 amide bonds. The molecule has 1 rings (SSSR count). The highest BCUT2D eigenvalue weighted by Crippen LogP contribution is 2.21. The van der Waals surface area contributed by atoms with Gasteiger partial charge in [0.25, 0.3) is 0 Å². The molecule has 0 aromatic carbocycles. The van der Waals surface area contributed by atoms with Crippen molar-refractivity contribution in [2.24, 2.45) is 0 Å². The Morgan fingerprint density at radius 1 is 1.00 bits per heavy atom. The second kappa shape index (κ2) is 10.4. The van der Waals surface area contributed by atoms with E-state index in [1.165, 1.54) is 5.56 Å². The van der Waals surface area contributed by atoms with Crippen LogP contribution in [0.25, 0.3) is 0 Å². The van der Waals surface area contributed by atoms with Crippen LogP contribution >= 0.6 is 0 Å². The minimum absolute atomic E-state index is 0.884. The molecule has 0 bridgehead atoms. The van der Waals surface area contributed by atoms with Crippen molar-refractivity contribution < 1.29 is 0 Å². The van der Waals surface area contributed by atoms with Gasteiger partial charge in [-0.05, 0) is 39.4 Å². The molecule has 1 heterocycles. The minimum Gasteiger partial charge on any atom is -0.370 e. The van der Waals surface area contributed by atoms with Crippen molar-refractivity contribution in [3.63, 3.8) is 0 Å². The SMILES string of the molecule is CCCc1c(NCC)ncnc1NCCCN(CC)CC. The van der Waals surface area contributed by atoms with Crippen LogP contribution in [-0.4, -0.2) is 47.6 Å². The highest BCUT2D eigenvalue weighted by molar-refractivity contribution is 5.57. The third-order valence-corrected chi connectivity index (χ3v) is 3.63. The Morgan fingerprint density at radius 3 is 2.24 bits per heavy atom. The van der Waals surface area contributed by atoms with Crippen molar-refractivity contribution in [1.82, 2.24) is 14.9 Å². The van der Waals surface area contributed by atoms with Crippen molar-refractivity contribution in [2.75, 3.05) is 43.4 Å². The number of anilines is 2. The summed E-state index contributed by atoms with van der Waals surface area (Å²) in [6.45, 7) is 13.9. The van der Waals surface area contributed by atoms with Crippen molar-refractivity contribution in [3.05, 3.63) is 11.9 Å². The zero-order chi connectivity index (χ0) is 15.5. The summed E-state index contributed by atoms with van der Waals surface area (Å²) in [7, 11) is 0.